The summed E-state index contributed by atoms with van der Waals surface area (Å²) in [4.78, 5) is 52.7. The second-order valence-electron chi connectivity index (χ2n) is 9.28. The van der Waals surface area contributed by atoms with E-state index in [4.69, 9.17) is 15.9 Å². The summed E-state index contributed by atoms with van der Waals surface area (Å²) in [7, 11) is 0. The first kappa shape index (κ1) is 31.8. The number of carbonyl (C=O) groups excluding carboxylic acids is 4. The van der Waals surface area contributed by atoms with E-state index in [1.165, 1.54) is 4.90 Å². The molecule has 0 radical (unpaired) electrons. The van der Waals surface area contributed by atoms with Crippen molar-refractivity contribution in [3.8, 4) is 12.3 Å². The number of rotatable bonds is 13. The zero-order chi connectivity index (χ0) is 28.0. The Kier molecular flexibility index (Phi) is 13.6. The van der Waals surface area contributed by atoms with Crippen LogP contribution in [0.1, 0.15) is 71.0 Å². The van der Waals surface area contributed by atoms with Crippen molar-refractivity contribution >= 4 is 36.5 Å². The van der Waals surface area contributed by atoms with Crippen LogP contribution in [-0.2, 0) is 23.9 Å². The van der Waals surface area contributed by atoms with Gasteiger partial charge in [0.1, 0.15) is 17.7 Å². The van der Waals surface area contributed by atoms with Crippen LogP contribution in [0.25, 0.3) is 0 Å². The lowest BCUT2D eigenvalue weighted by Gasteiger charge is -2.34. The second-order valence-corrected chi connectivity index (χ2v) is 9.65. The molecule has 0 aliphatic carbocycles. The summed E-state index contributed by atoms with van der Waals surface area (Å²) >= 11 is 4.27. The Morgan fingerprint density at radius 1 is 1.14 bits per heavy atom. The summed E-state index contributed by atoms with van der Waals surface area (Å²) in [6.45, 7) is 9.35. The van der Waals surface area contributed by atoms with E-state index in [1.54, 1.807) is 52.0 Å². The number of thiol groups is 1. The van der Waals surface area contributed by atoms with E-state index in [1.807, 2.05) is 6.92 Å². The Balaban J connectivity index is 3.31. The van der Waals surface area contributed by atoms with Gasteiger partial charge in [0, 0.05) is 24.4 Å². The highest BCUT2D eigenvalue weighted by Gasteiger charge is 2.35. The first-order valence-electron chi connectivity index (χ1n) is 12.4. The maximum atomic E-state index is 13.7. The van der Waals surface area contributed by atoms with Crippen LogP contribution in [0.2, 0.25) is 0 Å². The fourth-order valence-corrected chi connectivity index (χ4v) is 3.63. The molecule has 2 unspecified atom stereocenters. The van der Waals surface area contributed by atoms with Gasteiger partial charge >= 0.3 is 12.1 Å². The van der Waals surface area contributed by atoms with Crippen molar-refractivity contribution in [2.75, 3.05) is 25.4 Å². The Morgan fingerprint density at radius 3 is 2.30 bits per heavy atom. The van der Waals surface area contributed by atoms with Gasteiger partial charge in [0.2, 0.25) is 11.8 Å². The second kappa shape index (κ2) is 15.8. The number of unbranched alkanes of at least 4 members (excludes halogenated alkanes) is 1. The Morgan fingerprint density at radius 2 is 1.78 bits per heavy atom. The van der Waals surface area contributed by atoms with Gasteiger partial charge in [-0.15, -0.1) is 6.42 Å². The number of benzene rings is 1. The molecule has 2 atom stereocenters. The van der Waals surface area contributed by atoms with Crippen LogP contribution >= 0.6 is 12.6 Å². The van der Waals surface area contributed by atoms with Gasteiger partial charge in [-0.2, -0.15) is 12.6 Å². The topological polar surface area (TPSA) is 114 Å². The average molecular weight is 534 g/mol. The summed E-state index contributed by atoms with van der Waals surface area (Å²) in [6.07, 6.45) is 6.09. The molecule has 1 aromatic rings. The van der Waals surface area contributed by atoms with E-state index in [-0.39, 0.29) is 31.9 Å². The lowest BCUT2D eigenvalue weighted by molar-refractivity contribution is -0.144. The molecule has 0 bridgehead atoms. The molecule has 37 heavy (non-hydrogen) atoms. The SMILES string of the molecule is C#Cc1ccc(C(C(=O)NCCC(=O)OCC)N(CCCC)C(=O)C(CS)NC(=O)OC(C)(C)C)cc1. The first-order chi connectivity index (χ1) is 17.5. The molecule has 1 aromatic carbocycles. The highest BCUT2D eigenvalue weighted by molar-refractivity contribution is 7.80. The molecule has 0 saturated heterocycles. The van der Waals surface area contributed by atoms with Gasteiger partial charge in [0.25, 0.3) is 0 Å². The number of amides is 3. The molecule has 204 valence electrons. The van der Waals surface area contributed by atoms with E-state index in [0.717, 1.165) is 6.42 Å². The number of nitrogens with one attached hydrogen (secondary N) is 2. The predicted octanol–water partition coefficient (Wildman–Crippen LogP) is 3.23. The number of hydrogen-bond acceptors (Lipinski definition) is 7. The smallest absolute Gasteiger partial charge is 0.408 e. The van der Waals surface area contributed by atoms with Gasteiger partial charge in [0.15, 0.2) is 0 Å². The molecule has 1 rings (SSSR count). The highest BCUT2D eigenvalue weighted by Crippen LogP contribution is 2.24. The predicted molar refractivity (Wildman–Crippen MR) is 145 cm³/mol. The lowest BCUT2D eigenvalue weighted by atomic mass is 10.0. The molecule has 0 heterocycles. The monoisotopic (exact) mass is 533 g/mol. The quantitative estimate of drug-likeness (QED) is 0.204. The minimum atomic E-state index is -1.03. The third-order valence-corrected chi connectivity index (χ3v) is 5.46. The van der Waals surface area contributed by atoms with Gasteiger partial charge < -0.3 is 25.0 Å². The number of alkyl carbamates (subject to hydrolysis) is 1. The van der Waals surface area contributed by atoms with Gasteiger partial charge in [-0.1, -0.05) is 31.4 Å². The van der Waals surface area contributed by atoms with Crippen LogP contribution in [-0.4, -0.2) is 65.9 Å². The molecule has 0 saturated carbocycles. The van der Waals surface area contributed by atoms with Crippen molar-refractivity contribution in [2.24, 2.45) is 0 Å². The van der Waals surface area contributed by atoms with Crippen molar-refractivity contribution in [1.82, 2.24) is 15.5 Å². The number of esters is 1. The third-order valence-electron chi connectivity index (χ3n) is 5.09. The maximum Gasteiger partial charge on any atom is 0.408 e. The average Bonchev–Trinajstić information content (AvgIpc) is 2.83. The third kappa shape index (κ3) is 11.2. The standard InChI is InChI=1S/C27H39N3O6S/c1-7-10-17-30(25(33)21(18-37)29-26(34)36-27(4,5)6)23(20-13-11-19(8-2)12-14-20)24(32)28-16-15-22(31)35-9-3/h2,11-14,21,23,37H,7,9-10,15-18H2,1,3-6H3,(H,28,32)(H,29,34). The van der Waals surface area contributed by atoms with Crippen molar-refractivity contribution in [3.05, 3.63) is 35.4 Å². The molecule has 2 N–H and O–H groups in total. The fourth-order valence-electron chi connectivity index (χ4n) is 3.38. The summed E-state index contributed by atoms with van der Waals surface area (Å²) in [5.41, 5.74) is 0.403. The highest BCUT2D eigenvalue weighted by atomic mass is 32.1. The summed E-state index contributed by atoms with van der Waals surface area (Å²) in [6, 6.07) is 4.69. The molecule has 0 aromatic heterocycles. The Hall–Kier alpha value is -3.19. The van der Waals surface area contributed by atoms with Crippen LogP contribution in [0.15, 0.2) is 24.3 Å². The summed E-state index contributed by atoms with van der Waals surface area (Å²) < 4.78 is 10.2. The molecule has 10 heteroatoms. The van der Waals surface area contributed by atoms with Crippen molar-refractivity contribution < 1.29 is 28.7 Å². The van der Waals surface area contributed by atoms with Crippen LogP contribution in [0.5, 0.6) is 0 Å². The van der Waals surface area contributed by atoms with Crippen LogP contribution in [0.4, 0.5) is 4.79 Å². The Labute approximate surface area is 225 Å². The normalized spacial score (nSPS) is 12.5. The molecule has 0 fully saturated rings. The summed E-state index contributed by atoms with van der Waals surface area (Å²) in [5, 5.41) is 5.30. The summed E-state index contributed by atoms with van der Waals surface area (Å²) in [5.74, 6) is 1.13. The molecule has 0 spiro atoms. The number of ether oxygens (including phenoxy) is 2. The molecule has 3 amide bonds. The van der Waals surface area contributed by atoms with Crippen LogP contribution in [0.3, 0.4) is 0 Å². The van der Waals surface area contributed by atoms with Crippen LogP contribution in [0, 0.1) is 12.3 Å². The van der Waals surface area contributed by atoms with E-state index < -0.39 is 41.6 Å². The fraction of sp³-hybridized carbons (Fsp3) is 0.556. The first-order valence-corrected chi connectivity index (χ1v) is 13.0. The zero-order valence-corrected chi connectivity index (χ0v) is 23.2. The van der Waals surface area contributed by atoms with Gasteiger partial charge in [-0.25, -0.2) is 4.79 Å². The van der Waals surface area contributed by atoms with Crippen molar-refractivity contribution in [1.29, 1.82) is 0 Å². The minimum absolute atomic E-state index is 0.00602. The van der Waals surface area contributed by atoms with E-state index >= 15 is 0 Å². The van der Waals surface area contributed by atoms with Gasteiger partial charge in [-0.05, 0) is 51.8 Å². The van der Waals surface area contributed by atoms with Crippen molar-refractivity contribution in [3.63, 3.8) is 0 Å². The Bertz CT molecular complexity index is 952. The van der Waals surface area contributed by atoms with Crippen molar-refractivity contribution in [2.45, 2.75) is 71.6 Å². The number of nitrogens with zero attached hydrogens (tertiary/aromatic N) is 1. The molecule has 0 aliphatic heterocycles. The molecule has 0 aliphatic rings. The largest absolute Gasteiger partial charge is 0.466 e. The van der Waals surface area contributed by atoms with Gasteiger partial charge in [0.05, 0.1) is 13.0 Å². The number of terminal acetylenes is 1. The van der Waals surface area contributed by atoms with E-state index in [2.05, 4.69) is 29.2 Å². The maximum absolute atomic E-state index is 13.7. The number of hydrogen-bond donors (Lipinski definition) is 3. The number of carbonyl (C=O) groups is 4. The van der Waals surface area contributed by atoms with E-state index in [9.17, 15) is 19.2 Å². The van der Waals surface area contributed by atoms with Gasteiger partial charge in [-0.3, -0.25) is 14.4 Å². The van der Waals surface area contributed by atoms with Crippen LogP contribution < -0.4 is 10.6 Å². The minimum Gasteiger partial charge on any atom is -0.466 e. The van der Waals surface area contributed by atoms with E-state index in [0.29, 0.717) is 17.5 Å². The molecular weight excluding hydrogens is 494 g/mol. The lowest BCUT2D eigenvalue weighted by Crippen LogP contribution is -2.54. The molecular formula is C27H39N3O6S. The zero-order valence-electron chi connectivity index (χ0n) is 22.3. The molecule has 9 nitrogen and oxygen atoms in total.